The van der Waals surface area contributed by atoms with E-state index in [1.54, 1.807) is 7.11 Å². The van der Waals surface area contributed by atoms with Crippen LogP contribution in [-0.4, -0.2) is 44.4 Å². The van der Waals surface area contributed by atoms with Crippen LogP contribution in [0, 0.1) is 5.92 Å². The van der Waals surface area contributed by atoms with Gasteiger partial charge in [0.2, 0.25) is 5.91 Å². The minimum atomic E-state index is -0.779. The average molecular weight is 244 g/mol. The topological polar surface area (TPSA) is 73.6 Å². The van der Waals surface area contributed by atoms with E-state index in [0.717, 1.165) is 0 Å². The number of methoxy groups -OCH3 is 1. The van der Waals surface area contributed by atoms with Crippen LogP contribution in [0.3, 0.4) is 0 Å². The van der Waals surface area contributed by atoms with Gasteiger partial charge in [0, 0.05) is 20.3 Å². The second kappa shape index (κ2) is 6.33. The monoisotopic (exact) mass is 244 g/mol. The van der Waals surface area contributed by atoms with E-state index in [9.17, 15) is 4.79 Å². The zero-order valence-corrected chi connectivity index (χ0v) is 11.0. The number of hydrogen-bond donors (Lipinski definition) is 2. The molecule has 1 heterocycles. The van der Waals surface area contributed by atoms with E-state index >= 15 is 0 Å². The van der Waals surface area contributed by atoms with Gasteiger partial charge in [0.05, 0.1) is 18.2 Å². The average Bonchev–Trinajstić information content (AvgIpc) is 2.29. The molecule has 1 fully saturated rings. The Morgan fingerprint density at radius 3 is 2.53 bits per heavy atom. The maximum absolute atomic E-state index is 12.2. The minimum absolute atomic E-state index is 0.00997. The summed E-state index contributed by atoms with van der Waals surface area (Å²) >= 11 is 0. The van der Waals surface area contributed by atoms with Crippen LogP contribution in [0.5, 0.6) is 0 Å². The van der Waals surface area contributed by atoms with Crippen LogP contribution in [0.25, 0.3) is 0 Å². The summed E-state index contributed by atoms with van der Waals surface area (Å²) in [4.78, 5) is 12.2. The third-order valence-corrected chi connectivity index (χ3v) is 3.30. The van der Waals surface area contributed by atoms with Crippen molar-refractivity contribution >= 4 is 5.91 Å². The zero-order chi connectivity index (χ0) is 12.9. The van der Waals surface area contributed by atoms with Crippen molar-refractivity contribution in [2.45, 2.75) is 38.3 Å². The highest BCUT2D eigenvalue weighted by Gasteiger charge is 2.37. The molecule has 0 bridgehead atoms. The fourth-order valence-electron chi connectivity index (χ4n) is 1.86. The summed E-state index contributed by atoms with van der Waals surface area (Å²) in [6, 6.07) is 0.00997. The molecule has 1 aliphatic rings. The standard InChI is InChI=1S/C12H24N2O3/c1-9(2)10(8-16-3)14-11(15)12(13)4-6-17-7-5-12/h9-10H,4-8,13H2,1-3H3,(H,14,15). The second-order valence-electron chi connectivity index (χ2n) is 5.05. The summed E-state index contributed by atoms with van der Waals surface area (Å²) < 4.78 is 10.3. The maximum Gasteiger partial charge on any atom is 0.240 e. The molecule has 1 aliphatic heterocycles. The van der Waals surface area contributed by atoms with E-state index in [4.69, 9.17) is 15.2 Å². The van der Waals surface area contributed by atoms with Crippen molar-refractivity contribution in [1.29, 1.82) is 0 Å². The number of carbonyl (C=O) groups is 1. The lowest BCUT2D eigenvalue weighted by molar-refractivity contribution is -0.131. The van der Waals surface area contributed by atoms with Crippen molar-refractivity contribution in [3.05, 3.63) is 0 Å². The van der Waals surface area contributed by atoms with Crippen molar-refractivity contribution in [1.82, 2.24) is 5.32 Å². The van der Waals surface area contributed by atoms with E-state index in [1.807, 2.05) is 0 Å². The van der Waals surface area contributed by atoms with Gasteiger partial charge in [-0.1, -0.05) is 13.8 Å². The van der Waals surface area contributed by atoms with E-state index in [2.05, 4.69) is 19.2 Å². The van der Waals surface area contributed by atoms with Gasteiger partial charge in [-0.15, -0.1) is 0 Å². The molecule has 0 aromatic carbocycles. The molecular weight excluding hydrogens is 220 g/mol. The van der Waals surface area contributed by atoms with Gasteiger partial charge < -0.3 is 20.5 Å². The van der Waals surface area contributed by atoms with Crippen molar-refractivity contribution in [2.24, 2.45) is 11.7 Å². The molecule has 0 spiro atoms. The molecule has 5 nitrogen and oxygen atoms in total. The number of ether oxygens (including phenoxy) is 2. The highest BCUT2D eigenvalue weighted by Crippen LogP contribution is 2.18. The van der Waals surface area contributed by atoms with E-state index in [0.29, 0.717) is 38.6 Å². The number of amides is 1. The van der Waals surface area contributed by atoms with Crippen LogP contribution >= 0.6 is 0 Å². The van der Waals surface area contributed by atoms with Gasteiger partial charge in [-0.25, -0.2) is 0 Å². The summed E-state index contributed by atoms with van der Waals surface area (Å²) in [6.07, 6.45) is 1.16. The molecular formula is C12H24N2O3. The predicted octanol–water partition coefficient (Wildman–Crippen LogP) is 0.282. The summed E-state index contributed by atoms with van der Waals surface area (Å²) in [5.74, 6) is 0.235. The normalized spacial score (nSPS) is 21.2. The molecule has 1 amide bonds. The van der Waals surface area contributed by atoms with Crippen molar-refractivity contribution in [3.8, 4) is 0 Å². The quantitative estimate of drug-likeness (QED) is 0.728. The smallest absolute Gasteiger partial charge is 0.240 e. The van der Waals surface area contributed by atoms with Crippen LogP contribution < -0.4 is 11.1 Å². The number of carbonyl (C=O) groups excluding carboxylic acids is 1. The van der Waals surface area contributed by atoms with Crippen molar-refractivity contribution in [3.63, 3.8) is 0 Å². The van der Waals surface area contributed by atoms with Gasteiger partial charge in [0.1, 0.15) is 0 Å². The number of rotatable bonds is 5. The maximum atomic E-state index is 12.2. The second-order valence-corrected chi connectivity index (χ2v) is 5.05. The third-order valence-electron chi connectivity index (χ3n) is 3.30. The highest BCUT2D eigenvalue weighted by atomic mass is 16.5. The largest absolute Gasteiger partial charge is 0.383 e. The van der Waals surface area contributed by atoms with Gasteiger partial charge in [0.25, 0.3) is 0 Å². The minimum Gasteiger partial charge on any atom is -0.383 e. The number of nitrogens with two attached hydrogens (primary N) is 1. The molecule has 17 heavy (non-hydrogen) atoms. The van der Waals surface area contributed by atoms with E-state index in [-0.39, 0.29) is 11.9 Å². The van der Waals surface area contributed by atoms with Gasteiger partial charge in [-0.05, 0) is 18.8 Å². The first-order valence-electron chi connectivity index (χ1n) is 6.16. The Morgan fingerprint density at radius 2 is 2.06 bits per heavy atom. The molecule has 1 unspecified atom stereocenters. The van der Waals surface area contributed by atoms with Gasteiger partial charge in [0.15, 0.2) is 0 Å². The fourth-order valence-corrected chi connectivity index (χ4v) is 1.86. The summed E-state index contributed by atoms with van der Waals surface area (Å²) in [6.45, 7) is 5.73. The summed E-state index contributed by atoms with van der Waals surface area (Å²) in [7, 11) is 1.63. The SMILES string of the molecule is COCC(NC(=O)C1(N)CCOCC1)C(C)C. The van der Waals surface area contributed by atoms with Crippen LogP contribution in [0.4, 0.5) is 0 Å². The molecule has 3 N–H and O–H groups in total. The molecule has 5 heteroatoms. The summed E-state index contributed by atoms with van der Waals surface area (Å²) in [5, 5.41) is 2.98. The molecule has 100 valence electrons. The molecule has 1 saturated heterocycles. The Labute approximate surface area is 103 Å². The molecule has 0 aromatic heterocycles. The molecule has 0 radical (unpaired) electrons. The number of nitrogens with one attached hydrogen (secondary N) is 1. The Kier molecular flexibility index (Phi) is 5.36. The third kappa shape index (κ3) is 3.94. The summed E-state index contributed by atoms with van der Waals surface area (Å²) in [5.41, 5.74) is 5.34. The first-order chi connectivity index (χ1) is 7.99. The van der Waals surface area contributed by atoms with Gasteiger partial charge in [-0.3, -0.25) is 4.79 Å². The van der Waals surface area contributed by atoms with Crippen molar-refractivity contribution < 1.29 is 14.3 Å². The Hall–Kier alpha value is -0.650. The van der Waals surface area contributed by atoms with Crippen LogP contribution in [0.15, 0.2) is 0 Å². The Morgan fingerprint density at radius 1 is 1.47 bits per heavy atom. The van der Waals surface area contributed by atoms with Crippen LogP contribution in [0.2, 0.25) is 0 Å². The number of hydrogen-bond acceptors (Lipinski definition) is 4. The lowest BCUT2D eigenvalue weighted by atomic mass is 9.89. The van der Waals surface area contributed by atoms with Gasteiger partial charge >= 0.3 is 0 Å². The lowest BCUT2D eigenvalue weighted by Crippen LogP contribution is -2.59. The predicted molar refractivity (Wildman–Crippen MR) is 65.6 cm³/mol. The van der Waals surface area contributed by atoms with Crippen LogP contribution in [-0.2, 0) is 14.3 Å². The molecule has 1 atom stereocenters. The first kappa shape index (κ1) is 14.4. The fraction of sp³-hybridized carbons (Fsp3) is 0.917. The first-order valence-corrected chi connectivity index (χ1v) is 6.16. The molecule has 0 aromatic rings. The van der Waals surface area contributed by atoms with Crippen LogP contribution in [0.1, 0.15) is 26.7 Å². The zero-order valence-electron chi connectivity index (χ0n) is 11.0. The van der Waals surface area contributed by atoms with Gasteiger partial charge in [-0.2, -0.15) is 0 Å². The molecule has 0 saturated carbocycles. The van der Waals surface area contributed by atoms with E-state index < -0.39 is 5.54 Å². The lowest BCUT2D eigenvalue weighted by Gasteiger charge is -2.34. The Balaban J connectivity index is 2.56. The van der Waals surface area contributed by atoms with Crippen molar-refractivity contribution in [2.75, 3.05) is 26.9 Å². The Bertz CT molecular complexity index is 250. The molecule has 0 aliphatic carbocycles. The highest BCUT2D eigenvalue weighted by molar-refractivity contribution is 5.86. The van der Waals surface area contributed by atoms with E-state index in [1.165, 1.54) is 0 Å². The molecule has 1 rings (SSSR count).